The molecule has 0 aromatic heterocycles. The van der Waals surface area contributed by atoms with Crippen molar-refractivity contribution in [1.29, 1.82) is 0 Å². The van der Waals surface area contributed by atoms with Crippen LogP contribution >= 0.6 is 11.6 Å². The zero-order valence-corrected chi connectivity index (χ0v) is 16.2. The third-order valence-corrected chi connectivity index (χ3v) is 4.73. The number of nitrogens with two attached hydrogens (primary N) is 1. The molecule has 0 saturated heterocycles. The van der Waals surface area contributed by atoms with Crippen molar-refractivity contribution in [2.45, 2.75) is 25.8 Å². The number of rotatable bonds is 10. The van der Waals surface area contributed by atoms with Crippen molar-refractivity contribution in [3.8, 4) is 11.1 Å². The second kappa shape index (κ2) is 9.85. The molecule has 146 valence electrons. The highest BCUT2D eigenvalue weighted by Crippen LogP contribution is 2.26. The number of aliphatic hydroxyl groups excluding tert-OH is 1. The van der Waals surface area contributed by atoms with Crippen LogP contribution in [0.2, 0.25) is 5.02 Å². The van der Waals surface area contributed by atoms with Gasteiger partial charge < -0.3 is 20.7 Å². The molecule has 4 N–H and O–H groups in total. The molecule has 0 bridgehead atoms. The standard InChI is InChI=1S/C21H26ClNO4/c1-21(20(25)26,14-27-10-9-24)13-19(23)11-15-5-7-16(8-6-15)17-3-2-4-18(22)12-17/h2-8,12,19,24H,9-11,13-14,23H2,1H3,(H,25,26)/t19-,21?/m1/s1. The predicted octanol–water partition coefficient (Wildman–Crippen LogP) is 3.37. The van der Waals surface area contributed by atoms with Crippen molar-refractivity contribution in [3.05, 3.63) is 59.1 Å². The maximum absolute atomic E-state index is 11.6. The van der Waals surface area contributed by atoms with E-state index in [1.165, 1.54) is 0 Å². The number of benzene rings is 2. The normalized spacial score (nSPS) is 14.5. The molecule has 0 aliphatic rings. The SMILES string of the molecule is CC(COCCO)(C[C@H](N)Cc1ccc(-c2cccc(Cl)c2)cc1)C(=O)O. The lowest BCUT2D eigenvalue weighted by Gasteiger charge is -2.27. The molecule has 0 radical (unpaired) electrons. The third-order valence-electron chi connectivity index (χ3n) is 4.50. The predicted molar refractivity (Wildman–Crippen MR) is 107 cm³/mol. The van der Waals surface area contributed by atoms with E-state index in [-0.39, 0.29) is 32.3 Å². The average molecular weight is 392 g/mol. The molecule has 2 aromatic rings. The lowest BCUT2D eigenvalue weighted by Crippen LogP contribution is -2.40. The highest BCUT2D eigenvalue weighted by Gasteiger charge is 2.35. The second-order valence-corrected chi connectivity index (χ2v) is 7.45. The van der Waals surface area contributed by atoms with E-state index in [9.17, 15) is 9.90 Å². The molecule has 1 unspecified atom stereocenters. The van der Waals surface area contributed by atoms with Crippen LogP contribution < -0.4 is 5.73 Å². The van der Waals surface area contributed by atoms with Crippen LogP contribution in [0.15, 0.2) is 48.5 Å². The molecular weight excluding hydrogens is 366 g/mol. The number of carboxylic acid groups (broad SMARTS) is 1. The lowest BCUT2D eigenvalue weighted by molar-refractivity contribution is -0.152. The van der Waals surface area contributed by atoms with Crippen LogP contribution in [0.25, 0.3) is 11.1 Å². The van der Waals surface area contributed by atoms with Gasteiger partial charge in [0.2, 0.25) is 0 Å². The summed E-state index contributed by atoms with van der Waals surface area (Å²) in [6.07, 6.45) is 0.850. The quantitative estimate of drug-likeness (QED) is 0.540. The molecule has 6 heteroatoms. The molecule has 0 aliphatic heterocycles. The van der Waals surface area contributed by atoms with Crippen LogP contribution in [-0.2, 0) is 16.0 Å². The molecule has 0 aliphatic carbocycles. The van der Waals surface area contributed by atoms with E-state index >= 15 is 0 Å². The van der Waals surface area contributed by atoms with Gasteiger partial charge in [-0.2, -0.15) is 0 Å². The molecule has 2 rings (SSSR count). The Morgan fingerprint density at radius 2 is 1.93 bits per heavy atom. The zero-order chi connectivity index (χ0) is 19.9. The molecular formula is C21H26ClNO4. The largest absolute Gasteiger partial charge is 0.481 e. The van der Waals surface area contributed by atoms with Crippen molar-refractivity contribution in [1.82, 2.24) is 0 Å². The van der Waals surface area contributed by atoms with E-state index < -0.39 is 11.4 Å². The molecule has 0 spiro atoms. The van der Waals surface area contributed by atoms with Gasteiger partial charge in [0.15, 0.2) is 0 Å². The summed E-state index contributed by atoms with van der Waals surface area (Å²) in [5.74, 6) is -0.952. The summed E-state index contributed by atoms with van der Waals surface area (Å²) in [6, 6.07) is 15.3. The molecule has 2 aromatic carbocycles. The first kappa shape index (κ1) is 21.4. The van der Waals surface area contributed by atoms with Gasteiger partial charge in [-0.3, -0.25) is 4.79 Å². The summed E-state index contributed by atoms with van der Waals surface area (Å²) in [7, 11) is 0. The van der Waals surface area contributed by atoms with E-state index in [1.54, 1.807) is 6.92 Å². The Morgan fingerprint density at radius 3 is 2.52 bits per heavy atom. The van der Waals surface area contributed by atoms with Gasteiger partial charge in [0.25, 0.3) is 0 Å². The van der Waals surface area contributed by atoms with Crippen LogP contribution in [-0.4, -0.2) is 42.0 Å². The summed E-state index contributed by atoms with van der Waals surface area (Å²) in [5, 5.41) is 19.0. The van der Waals surface area contributed by atoms with Crippen molar-refractivity contribution in [3.63, 3.8) is 0 Å². The molecule has 0 fully saturated rings. The van der Waals surface area contributed by atoms with Crippen LogP contribution in [0.3, 0.4) is 0 Å². The van der Waals surface area contributed by atoms with Gasteiger partial charge in [0.1, 0.15) is 0 Å². The summed E-state index contributed by atoms with van der Waals surface area (Å²) in [6.45, 7) is 1.61. The Hall–Kier alpha value is -1.92. The maximum atomic E-state index is 11.6. The van der Waals surface area contributed by atoms with E-state index in [0.717, 1.165) is 16.7 Å². The Kier molecular flexibility index (Phi) is 7.80. The van der Waals surface area contributed by atoms with Gasteiger partial charge in [0, 0.05) is 11.1 Å². The number of halogens is 1. The van der Waals surface area contributed by atoms with E-state index in [4.69, 9.17) is 27.2 Å². The fourth-order valence-corrected chi connectivity index (χ4v) is 3.22. The van der Waals surface area contributed by atoms with E-state index in [2.05, 4.69) is 0 Å². The summed E-state index contributed by atoms with van der Waals surface area (Å²) in [5.41, 5.74) is 8.27. The highest BCUT2D eigenvalue weighted by atomic mass is 35.5. The van der Waals surface area contributed by atoms with Crippen molar-refractivity contribution in [2.75, 3.05) is 19.8 Å². The van der Waals surface area contributed by atoms with Crippen LogP contribution in [0.5, 0.6) is 0 Å². The minimum Gasteiger partial charge on any atom is -0.481 e. The van der Waals surface area contributed by atoms with Crippen molar-refractivity contribution < 1.29 is 19.7 Å². The van der Waals surface area contributed by atoms with Gasteiger partial charge in [-0.15, -0.1) is 0 Å². The third kappa shape index (κ3) is 6.33. The topological polar surface area (TPSA) is 92.8 Å². The summed E-state index contributed by atoms with van der Waals surface area (Å²) < 4.78 is 5.24. The van der Waals surface area contributed by atoms with E-state index in [1.807, 2.05) is 48.5 Å². The minimum atomic E-state index is -1.09. The number of carbonyl (C=O) groups is 1. The maximum Gasteiger partial charge on any atom is 0.311 e. The number of carboxylic acids is 1. The second-order valence-electron chi connectivity index (χ2n) is 7.02. The average Bonchev–Trinajstić information content (AvgIpc) is 2.62. The first-order valence-corrected chi connectivity index (χ1v) is 9.24. The fourth-order valence-electron chi connectivity index (χ4n) is 3.02. The van der Waals surface area contributed by atoms with Crippen molar-refractivity contribution >= 4 is 17.6 Å². The fraction of sp³-hybridized carbons (Fsp3) is 0.381. The number of ether oxygens (including phenoxy) is 1. The smallest absolute Gasteiger partial charge is 0.311 e. The summed E-state index contributed by atoms with van der Waals surface area (Å²) in [4.78, 5) is 11.6. The Balaban J connectivity index is 2.00. The molecule has 0 amide bonds. The first-order chi connectivity index (χ1) is 12.8. The Morgan fingerprint density at radius 1 is 1.22 bits per heavy atom. The van der Waals surface area contributed by atoms with E-state index in [0.29, 0.717) is 11.4 Å². The van der Waals surface area contributed by atoms with Crippen LogP contribution in [0.1, 0.15) is 18.9 Å². The van der Waals surface area contributed by atoms with Gasteiger partial charge in [-0.25, -0.2) is 0 Å². The van der Waals surface area contributed by atoms with Gasteiger partial charge in [0.05, 0.1) is 25.2 Å². The summed E-state index contributed by atoms with van der Waals surface area (Å²) >= 11 is 6.04. The monoisotopic (exact) mass is 391 g/mol. The van der Waals surface area contributed by atoms with Gasteiger partial charge in [-0.1, -0.05) is 48.0 Å². The zero-order valence-electron chi connectivity index (χ0n) is 15.4. The lowest BCUT2D eigenvalue weighted by atomic mass is 9.83. The van der Waals surface area contributed by atoms with Crippen LogP contribution in [0.4, 0.5) is 0 Å². The molecule has 0 heterocycles. The molecule has 2 atom stereocenters. The Bertz CT molecular complexity index is 750. The van der Waals surface area contributed by atoms with Gasteiger partial charge in [-0.05, 0) is 48.6 Å². The number of hydrogen-bond acceptors (Lipinski definition) is 4. The van der Waals surface area contributed by atoms with Crippen molar-refractivity contribution in [2.24, 2.45) is 11.1 Å². The number of aliphatic hydroxyl groups is 1. The first-order valence-electron chi connectivity index (χ1n) is 8.86. The number of aliphatic carboxylic acids is 1. The highest BCUT2D eigenvalue weighted by molar-refractivity contribution is 6.30. The molecule has 27 heavy (non-hydrogen) atoms. The Labute approximate surface area is 164 Å². The molecule has 0 saturated carbocycles. The van der Waals surface area contributed by atoms with Crippen LogP contribution in [0, 0.1) is 5.41 Å². The minimum absolute atomic E-state index is 0.0182. The van der Waals surface area contributed by atoms with Gasteiger partial charge >= 0.3 is 5.97 Å². The molecule has 5 nitrogen and oxygen atoms in total. The number of hydrogen-bond donors (Lipinski definition) is 3.